The molecular weight excluding hydrogens is 244 g/mol. The van der Waals surface area contributed by atoms with Crippen LogP contribution >= 0.6 is 0 Å². The van der Waals surface area contributed by atoms with Gasteiger partial charge in [0.1, 0.15) is 6.04 Å². The zero-order valence-electron chi connectivity index (χ0n) is 12.2. The summed E-state index contributed by atoms with van der Waals surface area (Å²) in [5, 5.41) is 12.1. The summed E-state index contributed by atoms with van der Waals surface area (Å²) < 4.78 is 0. The van der Waals surface area contributed by atoms with Crippen LogP contribution in [0.3, 0.4) is 0 Å². The predicted molar refractivity (Wildman–Crippen MR) is 74.0 cm³/mol. The lowest BCUT2D eigenvalue weighted by Gasteiger charge is -2.25. The number of aliphatic carboxylic acids is 1. The quantitative estimate of drug-likeness (QED) is 0.728. The number of hydrogen-bond acceptors (Lipinski definition) is 2. The summed E-state index contributed by atoms with van der Waals surface area (Å²) >= 11 is 0. The van der Waals surface area contributed by atoms with Gasteiger partial charge in [0.2, 0.25) is 0 Å². The van der Waals surface area contributed by atoms with E-state index < -0.39 is 12.0 Å². The van der Waals surface area contributed by atoms with Gasteiger partial charge < -0.3 is 15.3 Å². The van der Waals surface area contributed by atoms with E-state index in [0.717, 1.165) is 25.7 Å². The molecule has 110 valence electrons. The molecule has 3 atom stereocenters. The van der Waals surface area contributed by atoms with Gasteiger partial charge in [0.15, 0.2) is 0 Å². The summed E-state index contributed by atoms with van der Waals surface area (Å²) in [6.07, 6.45) is 5.12. The molecule has 0 spiro atoms. The fourth-order valence-electron chi connectivity index (χ4n) is 2.62. The molecule has 1 aliphatic rings. The number of carboxylic acid groups (broad SMARTS) is 1. The van der Waals surface area contributed by atoms with Gasteiger partial charge >= 0.3 is 12.0 Å². The fourth-order valence-corrected chi connectivity index (χ4v) is 2.62. The van der Waals surface area contributed by atoms with Crippen molar-refractivity contribution in [3.05, 3.63) is 0 Å². The second-order valence-electron chi connectivity index (χ2n) is 5.59. The third-order valence-corrected chi connectivity index (χ3v) is 3.82. The number of carboxylic acids is 1. The van der Waals surface area contributed by atoms with Gasteiger partial charge in [-0.05, 0) is 25.7 Å². The minimum Gasteiger partial charge on any atom is -0.480 e. The predicted octanol–water partition coefficient (Wildman–Crippen LogP) is 2.46. The first-order valence-electron chi connectivity index (χ1n) is 7.27. The van der Waals surface area contributed by atoms with Gasteiger partial charge in [0.05, 0.1) is 0 Å². The van der Waals surface area contributed by atoms with Crippen molar-refractivity contribution in [3.63, 3.8) is 0 Å². The first-order chi connectivity index (χ1) is 8.97. The molecule has 1 saturated heterocycles. The zero-order chi connectivity index (χ0) is 14.4. The maximum absolute atomic E-state index is 12.1. The number of hydrogen-bond donors (Lipinski definition) is 2. The summed E-state index contributed by atoms with van der Waals surface area (Å²) in [6.45, 7) is 6.54. The molecule has 3 unspecified atom stereocenters. The average Bonchev–Trinajstić information content (AvgIpc) is 2.71. The number of amides is 2. The Morgan fingerprint density at radius 1 is 1.42 bits per heavy atom. The van der Waals surface area contributed by atoms with Gasteiger partial charge in [-0.15, -0.1) is 0 Å². The second kappa shape index (κ2) is 7.36. The number of urea groups is 1. The van der Waals surface area contributed by atoms with Crippen molar-refractivity contribution in [2.24, 2.45) is 5.92 Å². The van der Waals surface area contributed by atoms with Crippen LogP contribution < -0.4 is 5.32 Å². The first-order valence-corrected chi connectivity index (χ1v) is 7.27. The Morgan fingerprint density at radius 2 is 2.11 bits per heavy atom. The molecule has 19 heavy (non-hydrogen) atoms. The largest absolute Gasteiger partial charge is 0.480 e. The van der Waals surface area contributed by atoms with Gasteiger partial charge in [0.25, 0.3) is 0 Å². The number of rotatable bonds is 6. The van der Waals surface area contributed by atoms with E-state index in [-0.39, 0.29) is 18.0 Å². The Morgan fingerprint density at radius 3 is 2.68 bits per heavy atom. The number of carbonyl (C=O) groups excluding carboxylic acids is 1. The van der Waals surface area contributed by atoms with Crippen LogP contribution in [0.4, 0.5) is 4.79 Å². The Hall–Kier alpha value is -1.26. The van der Waals surface area contributed by atoms with E-state index in [2.05, 4.69) is 12.2 Å². The summed E-state index contributed by atoms with van der Waals surface area (Å²) in [6, 6.07) is -0.812. The van der Waals surface area contributed by atoms with Crippen LogP contribution in [0.5, 0.6) is 0 Å². The van der Waals surface area contributed by atoms with Crippen LogP contribution in [0, 0.1) is 5.92 Å². The normalized spacial score (nSPS) is 24.3. The number of nitrogens with zero attached hydrogens (tertiary/aromatic N) is 1. The molecule has 1 rings (SSSR count). The minimum absolute atomic E-state index is 0.0265. The standard InChI is InChI=1S/C14H26N2O3/c1-4-5-6-7-11(3)15-14(19)16-9-8-10(2)12(16)13(17)18/h10-12H,4-9H2,1-3H3,(H,15,19)(H,17,18). The summed E-state index contributed by atoms with van der Waals surface area (Å²) in [5.41, 5.74) is 0. The van der Waals surface area contributed by atoms with Gasteiger partial charge in [-0.3, -0.25) is 0 Å². The molecule has 2 N–H and O–H groups in total. The van der Waals surface area contributed by atoms with E-state index in [9.17, 15) is 14.7 Å². The molecule has 0 aromatic rings. The molecule has 1 aliphatic heterocycles. The smallest absolute Gasteiger partial charge is 0.326 e. The van der Waals surface area contributed by atoms with Gasteiger partial charge in [-0.2, -0.15) is 0 Å². The van der Waals surface area contributed by atoms with Gasteiger partial charge in [-0.1, -0.05) is 33.1 Å². The summed E-state index contributed by atoms with van der Waals surface area (Å²) in [4.78, 5) is 24.8. The van der Waals surface area contributed by atoms with Crippen LogP contribution in [0.2, 0.25) is 0 Å². The lowest BCUT2D eigenvalue weighted by Crippen LogP contribution is -2.49. The molecule has 2 amide bonds. The molecule has 5 nitrogen and oxygen atoms in total. The van der Waals surface area contributed by atoms with Crippen LogP contribution in [-0.4, -0.2) is 40.6 Å². The number of carbonyl (C=O) groups is 2. The molecule has 0 saturated carbocycles. The third kappa shape index (κ3) is 4.40. The van der Waals surface area contributed by atoms with Crippen molar-refractivity contribution >= 4 is 12.0 Å². The van der Waals surface area contributed by atoms with Crippen molar-refractivity contribution in [3.8, 4) is 0 Å². The lowest BCUT2D eigenvalue weighted by molar-refractivity contribution is -0.142. The highest BCUT2D eigenvalue weighted by atomic mass is 16.4. The molecule has 1 heterocycles. The number of likely N-dealkylation sites (tertiary alicyclic amines) is 1. The minimum atomic E-state index is -0.904. The van der Waals surface area contributed by atoms with E-state index in [0.29, 0.717) is 6.54 Å². The Balaban J connectivity index is 2.46. The van der Waals surface area contributed by atoms with E-state index in [1.54, 1.807) is 0 Å². The summed E-state index contributed by atoms with van der Waals surface area (Å²) in [7, 11) is 0. The monoisotopic (exact) mass is 270 g/mol. The Bertz CT molecular complexity index is 320. The van der Waals surface area contributed by atoms with Crippen LogP contribution in [0.15, 0.2) is 0 Å². The fraction of sp³-hybridized carbons (Fsp3) is 0.857. The van der Waals surface area contributed by atoms with Gasteiger partial charge in [0, 0.05) is 12.6 Å². The van der Waals surface area contributed by atoms with Crippen molar-refractivity contribution in [2.45, 2.75) is 65.0 Å². The van der Waals surface area contributed by atoms with E-state index in [1.165, 1.54) is 11.3 Å². The van der Waals surface area contributed by atoms with Crippen molar-refractivity contribution < 1.29 is 14.7 Å². The first kappa shape index (κ1) is 15.8. The molecule has 0 aromatic carbocycles. The zero-order valence-corrected chi connectivity index (χ0v) is 12.2. The van der Waals surface area contributed by atoms with Crippen molar-refractivity contribution in [1.82, 2.24) is 10.2 Å². The SMILES string of the molecule is CCCCCC(C)NC(=O)N1CCC(C)C1C(=O)O. The van der Waals surface area contributed by atoms with Crippen LogP contribution in [0.1, 0.15) is 52.9 Å². The molecule has 5 heteroatoms. The van der Waals surface area contributed by atoms with Crippen molar-refractivity contribution in [2.75, 3.05) is 6.54 Å². The molecule has 0 aliphatic carbocycles. The maximum atomic E-state index is 12.1. The number of unbranched alkanes of at least 4 members (excludes halogenated alkanes) is 2. The van der Waals surface area contributed by atoms with Crippen LogP contribution in [-0.2, 0) is 4.79 Å². The lowest BCUT2D eigenvalue weighted by atomic mass is 10.0. The van der Waals surface area contributed by atoms with E-state index >= 15 is 0 Å². The topological polar surface area (TPSA) is 69.6 Å². The van der Waals surface area contributed by atoms with Crippen molar-refractivity contribution in [1.29, 1.82) is 0 Å². The highest BCUT2D eigenvalue weighted by molar-refractivity contribution is 5.83. The van der Waals surface area contributed by atoms with E-state index in [4.69, 9.17) is 0 Å². The highest BCUT2D eigenvalue weighted by Gasteiger charge is 2.39. The maximum Gasteiger partial charge on any atom is 0.326 e. The third-order valence-electron chi connectivity index (χ3n) is 3.82. The number of nitrogens with one attached hydrogen (secondary N) is 1. The summed E-state index contributed by atoms with van der Waals surface area (Å²) in [5.74, 6) is -0.877. The molecule has 1 fully saturated rings. The van der Waals surface area contributed by atoms with Crippen LogP contribution in [0.25, 0.3) is 0 Å². The molecule has 0 aromatic heterocycles. The second-order valence-corrected chi connectivity index (χ2v) is 5.59. The molecule has 0 bridgehead atoms. The average molecular weight is 270 g/mol. The Labute approximate surface area is 115 Å². The van der Waals surface area contributed by atoms with Gasteiger partial charge in [-0.25, -0.2) is 9.59 Å². The molecule has 0 radical (unpaired) electrons. The highest BCUT2D eigenvalue weighted by Crippen LogP contribution is 2.24. The molecular formula is C14H26N2O3. The van der Waals surface area contributed by atoms with E-state index in [1.807, 2.05) is 13.8 Å². The Kier molecular flexibility index (Phi) is 6.12.